The van der Waals surface area contributed by atoms with Crippen molar-refractivity contribution >= 4 is 41.1 Å². The van der Waals surface area contributed by atoms with E-state index in [1.807, 2.05) is 33.5 Å². The van der Waals surface area contributed by atoms with Gasteiger partial charge in [0.2, 0.25) is 5.91 Å². The van der Waals surface area contributed by atoms with Gasteiger partial charge in [0.1, 0.15) is 24.2 Å². The van der Waals surface area contributed by atoms with Crippen molar-refractivity contribution in [3.63, 3.8) is 0 Å². The van der Waals surface area contributed by atoms with E-state index in [9.17, 15) is 23.7 Å². The number of rotatable bonds is 10. The lowest BCUT2D eigenvalue weighted by Gasteiger charge is -2.40. The maximum atomic E-state index is 13.2. The van der Waals surface area contributed by atoms with Gasteiger partial charge in [0.05, 0.1) is 35.6 Å². The number of anilines is 1. The summed E-state index contributed by atoms with van der Waals surface area (Å²) >= 11 is -1.27. The molecule has 0 radical (unpaired) electrons. The molecule has 3 aliphatic heterocycles. The quantitative estimate of drug-likeness (QED) is 0.244. The number of nitrogens with two attached hydrogens (primary N) is 1. The molecule has 11 nitrogen and oxygen atoms in total. The normalized spacial score (nSPS) is 19.7. The second-order valence-corrected chi connectivity index (χ2v) is 11.7. The van der Waals surface area contributed by atoms with Gasteiger partial charge >= 0.3 is 0 Å². The number of ether oxygens (including phenoxy) is 1. The van der Waals surface area contributed by atoms with Crippen LogP contribution >= 0.6 is 0 Å². The standard InChI is InChI=1S/C28H33N5O6S/c1-30-26(35)25(6-3-13-34)33-27(36)23-8-7-19(14-24(23)28(33)37)31-16-21(17-31)39-20-4-2-5-22(15-20)40(38)32-11-9-18(29)10-12-32/h2,4-5,7-8,13-15,18,21,25H,3,6,9-12,16-17,29H2,1H3,(H,30,35). The Morgan fingerprint density at radius 2 is 1.88 bits per heavy atom. The van der Waals surface area contributed by atoms with Gasteiger partial charge in [-0.3, -0.25) is 19.3 Å². The van der Waals surface area contributed by atoms with Crippen LogP contribution in [0.1, 0.15) is 46.4 Å². The Balaban J connectivity index is 1.21. The van der Waals surface area contributed by atoms with Crippen molar-refractivity contribution in [2.45, 2.75) is 48.8 Å². The second-order valence-electron chi connectivity index (χ2n) is 10.2. The number of carbonyl (C=O) groups excluding carboxylic acids is 4. The summed E-state index contributed by atoms with van der Waals surface area (Å²) in [4.78, 5) is 53.2. The molecule has 5 rings (SSSR count). The first kappa shape index (κ1) is 28.1. The molecule has 2 aromatic rings. The summed E-state index contributed by atoms with van der Waals surface area (Å²) in [6, 6.07) is 11.5. The van der Waals surface area contributed by atoms with Gasteiger partial charge in [-0.2, -0.15) is 0 Å². The fraction of sp³-hybridized carbons (Fsp3) is 0.429. The smallest absolute Gasteiger partial charge is 0.262 e. The molecule has 2 atom stereocenters. The number of hydrogen-bond donors (Lipinski definition) is 2. The van der Waals surface area contributed by atoms with E-state index in [1.165, 1.54) is 7.05 Å². The Bertz CT molecular complexity index is 1290. The molecule has 0 saturated carbocycles. The monoisotopic (exact) mass is 567 g/mol. The topological polar surface area (TPSA) is 148 Å². The Morgan fingerprint density at radius 3 is 2.58 bits per heavy atom. The number of likely N-dealkylation sites (N-methyl/N-ethyl adjacent to an activating group) is 1. The lowest BCUT2D eigenvalue weighted by molar-refractivity contribution is -0.124. The van der Waals surface area contributed by atoms with Gasteiger partial charge in [0.15, 0.2) is 4.90 Å². The molecule has 3 aliphatic rings. The van der Waals surface area contributed by atoms with E-state index < -0.39 is 35.1 Å². The number of imide groups is 1. The number of benzene rings is 2. The van der Waals surface area contributed by atoms with E-state index in [2.05, 4.69) is 5.32 Å². The summed E-state index contributed by atoms with van der Waals surface area (Å²) in [6.45, 7) is 2.55. The summed E-state index contributed by atoms with van der Waals surface area (Å²) in [6.07, 6.45) is 2.34. The van der Waals surface area contributed by atoms with Crippen LogP contribution in [0.5, 0.6) is 5.75 Å². The average Bonchev–Trinajstić information content (AvgIpc) is 3.19. The molecule has 0 aliphatic carbocycles. The molecule has 0 aromatic heterocycles. The molecule has 0 spiro atoms. The molecule has 3 amide bonds. The summed E-state index contributed by atoms with van der Waals surface area (Å²) in [5, 5.41) is 2.47. The minimum atomic E-state index is -1.27. The molecule has 3 N–H and O–H groups in total. The van der Waals surface area contributed by atoms with Gasteiger partial charge in [0.25, 0.3) is 11.8 Å². The predicted molar refractivity (Wildman–Crippen MR) is 148 cm³/mol. The van der Waals surface area contributed by atoms with E-state index in [4.69, 9.17) is 10.5 Å². The van der Waals surface area contributed by atoms with Gasteiger partial charge in [-0.15, -0.1) is 4.31 Å². The van der Waals surface area contributed by atoms with Crippen LogP contribution in [0.15, 0.2) is 47.4 Å². The van der Waals surface area contributed by atoms with E-state index >= 15 is 0 Å². The van der Waals surface area contributed by atoms with Crippen LogP contribution in [0.25, 0.3) is 0 Å². The van der Waals surface area contributed by atoms with Crippen molar-refractivity contribution < 1.29 is 28.5 Å². The van der Waals surface area contributed by atoms with Crippen LogP contribution in [0, 0.1) is 0 Å². The lowest BCUT2D eigenvalue weighted by atomic mass is 10.1. The molecule has 12 heteroatoms. The zero-order valence-corrected chi connectivity index (χ0v) is 23.1. The summed E-state index contributed by atoms with van der Waals surface area (Å²) < 4.78 is 21.1. The fourth-order valence-corrected chi connectivity index (χ4v) is 6.51. The molecule has 2 saturated heterocycles. The molecule has 0 bridgehead atoms. The van der Waals surface area contributed by atoms with Crippen molar-refractivity contribution in [2.75, 3.05) is 38.1 Å². The van der Waals surface area contributed by atoms with Crippen LogP contribution in [0.2, 0.25) is 0 Å². The van der Waals surface area contributed by atoms with E-state index in [0.717, 1.165) is 23.4 Å². The molecule has 2 aromatic carbocycles. The molecule has 2 fully saturated rings. The van der Waals surface area contributed by atoms with Crippen LogP contribution in [-0.4, -0.2) is 89.2 Å². The minimum Gasteiger partial charge on any atom is -0.593 e. The zero-order chi connectivity index (χ0) is 28.4. The van der Waals surface area contributed by atoms with Gasteiger partial charge < -0.3 is 30.0 Å². The highest BCUT2D eigenvalue weighted by atomic mass is 32.2. The first-order valence-corrected chi connectivity index (χ1v) is 14.5. The highest BCUT2D eigenvalue weighted by Gasteiger charge is 2.43. The van der Waals surface area contributed by atoms with Crippen molar-refractivity contribution in [1.29, 1.82) is 0 Å². The van der Waals surface area contributed by atoms with E-state index in [1.54, 1.807) is 18.2 Å². The lowest BCUT2D eigenvalue weighted by Crippen LogP contribution is -2.54. The second kappa shape index (κ2) is 12.0. The first-order valence-electron chi connectivity index (χ1n) is 13.4. The maximum Gasteiger partial charge on any atom is 0.262 e. The van der Waals surface area contributed by atoms with Gasteiger partial charge in [0, 0.05) is 44.4 Å². The Hall–Kier alpha value is -3.45. The van der Waals surface area contributed by atoms with Crippen molar-refractivity contribution in [3.8, 4) is 5.75 Å². The van der Waals surface area contributed by atoms with Crippen LogP contribution in [0.3, 0.4) is 0 Å². The summed E-state index contributed by atoms with van der Waals surface area (Å²) in [5.41, 5.74) is 7.21. The Kier molecular flexibility index (Phi) is 8.40. The number of piperidine rings is 1. The first-order chi connectivity index (χ1) is 19.3. The number of nitrogens with one attached hydrogen (secondary N) is 1. The summed E-state index contributed by atoms with van der Waals surface area (Å²) in [7, 11) is 1.43. The molecule has 2 unspecified atom stereocenters. The van der Waals surface area contributed by atoms with Crippen LogP contribution < -0.4 is 20.7 Å². The molecule has 212 valence electrons. The third-order valence-corrected chi connectivity index (χ3v) is 9.07. The van der Waals surface area contributed by atoms with Crippen LogP contribution in [0.4, 0.5) is 5.69 Å². The highest BCUT2D eigenvalue weighted by molar-refractivity contribution is 7.89. The maximum absolute atomic E-state index is 13.2. The third kappa shape index (κ3) is 5.57. The minimum absolute atomic E-state index is 0.0533. The molecule has 40 heavy (non-hydrogen) atoms. The zero-order valence-electron chi connectivity index (χ0n) is 22.3. The number of hydrogen-bond acceptors (Lipinski definition) is 9. The number of fused-ring (bicyclic) bond motifs is 1. The average molecular weight is 568 g/mol. The third-order valence-electron chi connectivity index (χ3n) is 7.58. The van der Waals surface area contributed by atoms with E-state index in [0.29, 0.717) is 43.1 Å². The van der Waals surface area contributed by atoms with Gasteiger partial charge in [-0.25, -0.2) is 0 Å². The van der Waals surface area contributed by atoms with Crippen molar-refractivity contribution in [2.24, 2.45) is 5.73 Å². The van der Waals surface area contributed by atoms with Gasteiger partial charge in [-0.1, -0.05) is 6.07 Å². The number of amides is 3. The van der Waals surface area contributed by atoms with Crippen molar-refractivity contribution in [1.82, 2.24) is 14.5 Å². The Morgan fingerprint density at radius 1 is 1.15 bits per heavy atom. The number of nitrogens with zero attached hydrogens (tertiary/aromatic N) is 3. The number of carbonyl (C=O) groups is 4. The number of aldehydes is 1. The van der Waals surface area contributed by atoms with Gasteiger partial charge in [-0.05, 0) is 49.6 Å². The Labute approximate surface area is 235 Å². The van der Waals surface area contributed by atoms with E-state index in [-0.39, 0.29) is 36.1 Å². The largest absolute Gasteiger partial charge is 0.593 e. The van der Waals surface area contributed by atoms with Crippen molar-refractivity contribution in [3.05, 3.63) is 53.6 Å². The fourth-order valence-electron chi connectivity index (χ4n) is 5.26. The molecule has 3 heterocycles. The summed E-state index contributed by atoms with van der Waals surface area (Å²) in [5.74, 6) is -0.937. The molecular formula is C28H33N5O6S. The predicted octanol–water partition coefficient (Wildman–Crippen LogP) is 1.09. The SMILES string of the molecule is CNC(=O)C(CCC=O)N1C(=O)c2ccc(N3CC(Oc4cccc([S+]([O-])N5CCC(N)CC5)c4)C3)cc2C1=O. The van der Waals surface area contributed by atoms with Crippen LogP contribution in [-0.2, 0) is 21.0 Å². The highest BCUT2D eigenvalue weighted by Crippen LogP contribution is 2.32. The molecular weight excluding hydrogens is 534 g/mol.